The number of anilines is 1. The summed E-state index contributed by atoms with van der Waals surface area (Å²) in [6.45, 7) is 0. The van der Waals surface area contributed by atoms with Gasteiger partial charge in [-0.1, -0.05) is 24.3 Å². The van der Waals surface area contributed by atoms with Crippen LogP contribution in [-0.2, 0) is 5.54 Å². The van der Waals surface area contributed by atoms with Gasteiger partial charge < -0.3 is 10.1 Å². The van der Waals surface area contributed by atoms with Gasteiger partial charge in [0.2, 0.25) is 0 Å². The van der Waals surface area contributed by atoms with Crippen LogP contribution in [0.4, 0.5) is 10.6 Å². The number of nitrogens with zero attached hydrogens (tertiary/aromatic N) is 1. The second kappa shape index (κ2) is 5.44. The molecule has 0 bridgehead atoms. The van der Waals surface area contributed by atoms with E-state index in [0.29, 0.717) is 5.82 Å². The maximum absolute atomic E-state index is 12.1. The van der Waals surface area contributed by atoms with E-state index in [1.165, 1.54) is 0 Å². The number of pyridine rings is 1. The molecule has 1 fully saturated rings. The summed E-state index contributed by atoms with van der Waals surface area (Å²) in [4.78, 5) is 16.2. The number of carbonyl (C=O) groups is 1. The first-order valence-corrected chi connectivity index (χ1v) is 6.87. The number of nitrogens with one attached hydrogen (secondary N) is 2. The summed E-state index contributed by atoms with van der Waals surface area (Å²) >= 11 is 0. The molecule has 2 aromatic rings. The van der Waals surface area contributed by atoms with Gasteiger partial charge in [-0.3, -0.25) is 5.32 Å². The van der Waals surface area contributed by atoms with Crippen LogP contribution in [0.5, 0.6) is 5.75 Å². The van der Waals surface area contributed by atoms with E-state index in [-0.39, 0.29) is 11.6 Å². The second-order valence-electron chi connectivity index (χ2n) is 5.08. The van der Waals surface area contributed by atoms with Crippen molar-refractivity contribution in [3.8, 4) is 5.75 Å². The summed E-state index contributed by atoms with van der Waals surface area (Å²) < 4.78 is 5.39. The van der Waals surface area contributed by atoms with E-state index in [0.717, 1.165) is 24.2 Å². The van der Waals surface area contributed by atoms with Crippen LogP contribution in [0.1, 0.15) is 18.4 Å². The van der Waals surface area contributed by atoms with Crippen molar-refractivity contribution in [2.75, 3.05) is 12.4 Å². The number of rotatable bonds is 4. The molecular formula is C16H17N3O2. The van der Waals surface area contributed by atoms with E-state index < -0.39 is 0 Å². The molecule has 5 nitrogen and oxygen atoms in total. The Labute approximate surface area is 123 Å². The van der Waals surface area contributed by atoms with Crippen LogP contribution in [0.3, 0.4) is 0 Å². The van der Waals surface area contributed by atoms with E-state index in [2.05, 4.69) is 15.6 Å². The molecule has 0 atom stereocenters. The molecule has 0 aliphatic heterocycles. The van der Waals surface area contributed by atoms with Crippen LogP contribution in [0.2, 0.25) is 0 Å². The first kappa shape index (κ1) is 13.4. The minimum atomic E-state index is -0.328. The third-order valence-corrected chi connectivity index (χ3v) is 3.63. The molecule has 2 amide bonds. The molecule has 0 radical (unpaired) electrons. The second-order valence-corrected chi connectivity index (χ2v) is 5.08. The first-order chi connectivity index (χ1) is 10.2. The predicted molar refractivity (Wildman–Crippen MR) is 80.3 cm³/mol. The molecule has 0 saturated heterocycles. The van der Waals surface area contributed by atoms with E-state index in [4.69, 9.17) is 4.74 Å². The number of ether oxygens (including phenoxy) is 1. The molecule has 2 N–H and O–H groups in total. The van der Waals surface area contributed by atoms with Gasteiger partial charge in [0.1, 0.15) is 11.6 Å². The number of para-hydroxylation sites is 1. The fourth-order valence-corrected chi connectivity index (χ4v) is 2.43. The molecule has 3 rings (SSSR count). The first-order valence-electron chi connectivity index (χ1n) is 6.87. The normalized spacial score (nSPS) is 15.1. The van der Waals surface area contributed by atoms with Gasteiger partial charge in [0.15, 0.2) is 0 Å². The van der Waals surface area contributed by atoms with Crippen molar-refractivity contribution in [1.82, 2.24) is 10.3 Å². The van der Waals surface area contributed by atoms with Crippen LogP contribution in [0.15, 0.2) is 48.7 Å². The molecule has 1 aromatic carbocycles. The Morgan fingerprint density at radius 3 is 2.62 bits per heavy atom. The topological polar surface area (TPSA) is 63.2 Å². The van der Waals surface area contributed by atoms with Gasteiger partial charge >= 0.3 is 6.03 Å². The number of amides is 2. The lowest BCUT2D eigenvalue weighted by atomic mass is 10.0. The van der Waals surface area contributed by atoms with Gasteiger partial charge in [0.05, 0.1) is 12.6 Å². The van der Waals surface area contributed by atoms with E-state index in [9.17, 15) is 4.79 Å². The summed E-state index contributed by atoms with van der Waals surface area (Å²) in [7, 11) is 1.64. The van der Waals surface area contributed by atoms with Crippen molar-refractivity contribution >= 4 is 11.8 Å². The summed E-state index contributed by atoms with van der Waals surface area (Å²) in [6.07, 6.45) is 3.45. The molecule has 1 aromatic heterocycles. The van der Waals surface area contributed by atoms with Crippen LogP contribution in [0.25, 0.3) is 0 Å². The standard InChI is InChI=1S/C16H17N3O2/c1-21-13-7-3-2-6-12(13)16(9-10-16)19-15(20)18-14-8-4-5-11-17-14/h2-8,11H,9-10H2,1H3,(H2,17,18,19,20). The summed E-state index contributed by atoms with van der Waals surface area (Å²) in [5.41, 5.74) is 0.689. The SMILES string of the molecule is COc1ccccc1C1(NC(=O)Nc2ccccn2)CC1. The Morgan fingerprint density at radius 2 is 1.95 bits per heavy atom. The molecule has 21 heavy (non-hydrogen) atoms. The average Bonchev–Trinajstić information content (AvgIpc) is 3.28. The zero-order valence-electron chi connectivity index (χ0n) is 11.8. The molecule has 1 heterocycles. The quantitative estimate of drug-likeness (QED) is 0.907. The van der Waals surface area contributed by atoms with Crippen LogP contribution >= 0.6 is 0 Å². The van der Waals surface area contributed by atoms with Gasteiger partial charge in [-0.2, -0.15) is 0 Å². The number of aromatic nitrogens is 1. The van der Waals surface area contributed by atoms with Gasteiger partial charge in [0.25, 0.3) is 0 Å². The number of hydrogen-bond donors (Lipinski definition) is 2. The van der Waals surface area contributed by atoms with Gasteiger partial charge in [-0.05, 0) is 31.0 Å². The zero-order valence-corrected chi connectivity index (χ0v) is 11.8. The predicted octanol–water partition coefficient (Wildman–Crippen LogP) is 2.90. The number of benzene rings is 1. The highest BCUT2D eigenvalue weighted by Gasteiger charge is 2.47. The van der Waals surface area contributed by atoms with Crippen LogP contribution in [-0.4, -0.2) is 18.1 Å². The summed E-state index contributed by atoms with van der Waals surface area (Å²) in [5, 5.41) is 5.78. The summed E-state index contributed by atoms with van der Waals surface area (Å²) in [5.74, 6) is 1.33. The lowest BCUT2D eigenvalue weighted by Gasteiger charge is -2.20. The number of carbonyl (C=O) groups excluding carboxylic acids is 1. The third kappa shape index (κ3) is 2.81. The molecule has 1 saturated carbocycles. The Hall–Kier alpha value is -2.56. The van der Waals surface area contributed by atoms with Crippen molar-refractivity contribution in [2.45, 2.75) is 18.4 Å². The molecular weight excluding hydrogens is 266 g/mol. The van der Waals surface area contributed by atoms with Crippen molar-refractivity contribution in [2.24, 2.45) is 0 Å². The Balaban J connectivity index is 1.73. The van der Waals surface area contributed by atoms with Gasteiger partial charge in [-0.25, -0.2) is 9.78 Å². The molecule has 108 valence electrons. The Bertz CT molecular complexity index is 639. The monoisotopic (exact) mass is 283 g/mol. The van der Waals surface area contributed by atoms with Crippen molar-refractivity contribution in [1.29, 1.82) is 0 Å². The highest BCUT2D eigenvalue weighted by molar-refractivity contribution is 5.89. The Kier molecular flexibility index (Phi) is 3.48. The molecule has 1 aliphatic carbocycles. The number of methoxy groups -OCH3 is 1. The van der Waals surface area contributed by atoms with Gasteiger partial charge in [-0.15, -0.1) is 0 Å². The minimum Gasteiger partial charge on any atom is -0.496 e. The van der Waals surface area contributed by atoms with E-state index in [1.807, 2.05) is 30.3 Å². The van der Waals surface area contributed by atoms with Crippen LogP contribution < -0.4 is 15.4 Å². The maximum Gasteiger partial charge on any atom is 0.321 e. The molecule has 5 heteroatoms. The fourth-order valence-electron chi connectivity index (χ4n) is 2.43. The molecule has 0 unspecified atom stereocenters. The fraction of sp³-hybridized carbons (Fsp3) is 0.250. The summed E-state index contributed by atoms with van der Waals surface area (Å²) in [6, 6.07) is 12.9. The van der Waals surface area contributed by atoms with Crippen molar-refractivity contribution in [3.63, 3.8) is 0 Å². The number of hydrogen-bond acceptors (Lipinski definition) is 3. The van der Waals surface area contributed by atoms with Crippen molar-refractivity contribution in [3.05, 3.63) is 54.2 Å². The maximum atomic E-state index is 12.1. The van der Waals surface area contributed by atoms with E-state index >= 15 is 0 Å². The highest BCUT2D eigenvalue weighted by Crippen LogP contribution is 2.48. The van der Waals surface area contributed by atoms with Crippen molar-refractivity contribution < 1.29 is 9.53 Å². The Morgan fingerprint density at radius 1 is 1.19 bits per heavy atom. The largest absolute Gasteiger partial charge is 0.496 e. The smallest absolute Gasteiger partial charge is 0.321 e. The number of urea groups is 1. The van der Waals surface area contributed by atoms with E-state index in [1.54, 1.807) is 25.4 Å². The lowest BCUT2D eigenvalue weighted by molar-refractivity contribution is 0.247. The van der Waals surface area contributed by atoms with Crippen LogP contribution in [0, 0.1) is 0 Å². The molecule has 1 aliphatic rings. The average molecular weight is 283 g/mol. The van der Waals surface area contributed by atoms with Gasteiger partial charge in [0, 0.05) is 11.8 Å². The third-order valence-electron chi connectivity index (χ3n) is 3.63. The molecule has 0 spiro atoms. The lowest BCUT2D eigenvalue weighted by Crippen LogP contribution is -2.38. The zero-order chi connectivity index (χ0) is 14.7. The highest BCUT2D eigenvalue weighted by atomic mass is 16.5. The minimum absolute atomic E-state index is 0.253.